The fourth-order valence-electron chi connectivity index (χ4n) is 2.68. The van der Waals surface area contributed by atoms with E-state index in [0.29, 0.717) is 6.54 Å². The minimum absolute atomic E-state index is 0.0572. The number of nitrogens with zero attached hydrogens (tertiary/aromatic N) is 2. The van der Waals surface area contributed by atoms with Gasteiger partial charge < -0.3 is 4.90 Å². The Morgan fingerprint density at radius 1 is 1.24 bits per heavy atom. The fraction of sp³-hybridized carbons (Fsp3) is 0.278. The quantitative estimate of drug-likeness (QED) is 0.444. The molecule has 1 amide bonds. The number of hydrogen-bond donors (Lipinski definition) is 0. The number of nitro benzene ring substituents is 1. The van der Waals surface area contributed by atoms with E-state index < -0.39 is 4.92 Å². The summed E-state index contributed by atoms with van der Waals surface area (Å²) in [6, 6.07) is 14.3. The Balaban J connectivity index is 1.75. The molecular weight excluding hydrogens is 356 g/mol. The lowest BCUT2D eigenvalue weighted by Crippen LogP contribution is -2.37. The minimum atomic E-state index is -0.422. The first-order chi connectivity index (χ1) is 12.1. The smallest absolute Gasteiger partial charge is 0.269 e. The van der Waals surface area contributed by atoms with Crippen molar-refractivity contribution in [3.05, 3.63) is 58.6 Å². The molecule has 0 saturated carbocycles. The number of para-hydroxylation sites is 1. The van der Waals surface area contributed by atoms with E-state index >= 15 is 0 Å². The summed E-state index contributed by atoms with van der Waals surface area (Å²) in [5.74, 6) is 1.07. The first kappa shape index (κ1) is 17.8. The van der Waals surface area contributed by atoms with Gasteiger partial charge in [-0.25, -0.2) is 0 Å². The number of nitro groups is 1. The Hall–Kier alpha value is -1.99. The Labute approximate surface area is 154 Å². The van der Waals surface area contributed by atoms with Gasteiger partial charge in [0.1, 0.15) is 0 Å². The summed E-state index contributed by atoms with van der Waals surface area (Å²) < 4.78 is 0. The number of anilines is 1. The van der Waals surface area contributed by atoms with Crippen molar-refractivity contribution in [1.29, 1.82) is 0 Å². The van der Waals surface area contributed by atoms with Crippen LogP contribution in [0.2, 0.25) is 0 Å². The predicted octanol–water partition coefficient (Wildman–Crippen LogP) is 4.60. The van der Waals surface area contributed by atoms with Crippen molar-refractivity contribution in [2.75, 3.05) is 17.2 Å². The zero-order chi connectivity index (χ0) is 17.8. The molecule has 0 N–H and O–H groups in total. The van der Waals surface area contributed by atoms with Crippen LogP contribution in [0.1, 0.15) is 13.3 Å². The zero-order valence-corrected chi connectivity index (χ0v) is 15.4. The van der Waals surface area contributed by atoms with Crippen LogP contribution in [-0.4, -0.2) is 28.4 Å². The molecule has 2 aromatic carbocycles. The van der Waals surface area contributed by atoms with Crippen molar-refractivity contribution >= 4 is 40.8 Å². The van der Waals surface area contributed by atoms with Gasteiger partial charge in [0.05, 0.1) is 15.9 Å². The van der Waals surface area contributed by atoms with Gasteiger partial charge in [0.25, 0.3) is 5.69 Å². The van der Waals surface area contributed by atoms with E-state index in [1.165, 1.54) is 23.9 Å². The highest BCUT2D eigenvalue weighted by Crippen LogP contribution is 2.35. The number of benzene rings is 2. The maximum absolute atomic E-state index is 13.0. The van der Waals surface area contributed by atoms with Gasteiger partial charge in [0.2, 0.25) is 5.91 Å². The van der Waals surface area contributed by atoms with Gasteiger partial charge >= 0.3 is 0 Å². The van der Waals surface area contributed by atoms with Gasteiger partial charge in [0.15, 0.2) is 0 Å². The molecule has 0 radical (unpaired) electrons. The van der Waals surface area contributed by atoms with Crippen LogP contribution in [0.5, 0.6) is 0 Å². The van der Waals surface area contributed by atoms with Crippen LogP contribution in [0.25, 0.3) is 0 Å². The Morgan fingerprint density at radius 2 is 1.96 bits per heavy atom. The summed E-state index contributed by atoms with van der Waals surface area (Å²) in [6.07, 6.45) is 0.958. The number of amides is 1. The van der Waals surface area contributed by atoms with Crippen molar-refractivity contribution in [3.8, 4) is 0 Å². The normalized spacial score (nSPS) is 15.2. The molecule has 2 aromatic rings. The van der Waals surface area contributed by atoms with Crippen molar-refractivity contribution in [1.82, 2.24) is 0 Å². The summed E-state index contributed by atoms with van der Waals surface area (Å²) in [4.78, 5) is 27.2. The van der Waals surface area contributed by atoms with Gasteiger partial charge in [-0.05, 0) is 43.4 Å². The van der Waals surface area contributed by atoms with Crippen molar-refractivity contribution in [2.24, 2.45) is 0 Å². The van der Waals surface area contributed by atoms with Gasteiger partial charge in [-0.1, -0.05) is 12.1 Å². The first-order valence-corrected chi connectivity index (χ1v) is 9.87. The number of non-ortho nitro benzene ring substituents is 1. The Kier molecular flexibility index (Phi) is 5.65. The maximum Gasteiger partial charge on any atom is 0.269 e. The molecule has 1 aliphatic rings. The van der Waals surface area contributed by atoms with Crippen LogP contribution < -0.4 is 4.90 Å². The molecule has 5 nitrogen and oxygen atoms in total. The molecular formula is C18H18N2O3S2. The second-order valence-electron chi connectivity index (χ2n) is 5.67. The second kappa shape index (κ2) is 7.93. The molecule has 1 atom stereocenters. The molecule has 0 aliphatic carbocycles. The number of hydrogen-bond acceptors (Lipinski definition) is 5. The summed E-state index contributed by atoms with van der Waals surface area (Å²) >= 11 is 3.21. The molecule has 0 spiro atoms. The summed E-state index contributed by atoms with van der Waals surface area (Å²) in [7, 11) is 0. The van der Waals surface area contributed by atoms with Crippen LogP contribution in [0.4, 0.5) is 11.4 Å². The average molecular weight is 374 g/mol. The van der Waals surface area contributed by atoms with Crippen molar-refractivity contribution in [3.63, 3.8) is 0 Å². The van der Waals surface area contributed by atoms with Crippen LogP contribution in [0.15, 0.2) is 58.3 Å². The number of rotatable bonds is 4. The molecule has 1 aliphatic heterocycles. The molecule has 7 heteroatoms. The Morgan fingerprint density at radius 3 is 2.68 bits per heavy atom. The lowest BCUT2D eigenvalue weighted by molar-refractivity contribution is -0.384. The first-order valence-electron chi connectivity index (χ1n) is 8.00. The van der Waals surface area contributed by atoms with Gasteiger partial charge in [0, 0.05) is 28.5 Å². The highest BCUT2D eigenvalue weighted by molar-refractivity contribution is 8.00. The standard InChI is InChI=1S/C18H18N2O3S2/c1-13(25-15-9-7-14(8-10-15)20(22)23)18(21)19-11-4-12-24-17-6-3-2-5-16(17)19/h2-3,5-10,13H,4,11-12H2,1H3. The highest BCUT2D eigenvalue weighted by atomic mass is 32.2. The third kappa shape index (κ3) is 4.16. The monoisotopic (exact) mass is 374 g/mol. The van der Waals surface area contributed by atoms with E-state index in [4.69, 9.17) is 0 Å². The predicted molar refractivity (Wildman–Crippen MR) is 103 cm³/mol. The molecule has 130 valence electrons. The molecule has 0 aromatic heterocycles. The van der Waals surface area contributed by atoms with E-state index in [2.05, 4.69) is 6.07 Å². The molecule has 3 rings (SSSR count). The second-order valence-corrected chi connectivity index (χ2v) is 8.22. The average Bonchev–Trinajstić information content (AvgIpc) is 2.84. The third-order valence-electron chi connectivity index (χ3n) is 3.91. The number of carbonyl (C=O) groups is 1. The highest BCUT2D eigenvalue weighted by Gasteiger charge is 2.26. The van der Waals surface area contributed by atoms with Crippen molar-refractivity contribution < 1.29 is 9.72 Å². The number of carbonyl (C=O) groups excluding carboxylic acids is 1. The number of fused-ring (bicyclic) bond motifs is 1. The van der Waals surface area contributed by atoms with Gasteiger partial charge in [-0.3, -0.25) is 14.9 Å². The maximum atomic E-state index is 13.0. The SMILES string of the molecule is CC(Sc1ccc([N+](=O)[O-])cc1)C(=O)N1CCCSc2ccccc21. The van der Waals surface area contributed by atoms with Crippen molar-refractivity contribution in [2.45, 2.75) is 28.4 Å². The van der Waals surface area contributed by atoms with E-state index in [-0.39, 0.29) is 16.8 Å². The van der Waals surface area contributed by atoms with Gasteiger partial charge in [-0.15, -0.1) is 23.5 Å². The third-order valence-corrected chi connectivity index (χ3v) is 6.16. The van der Waals surface area contributed by atoms with Gasteiger partial charge in [-0.2, -0.15) is 0 Å². The summed E-state index contributed by atoms with van der Waals surface area (Å²) in [6.45, 7) is 2.60. The van der Waals surface area contributed by atoms with E-state index in [1.54, 1.807) is 23.9 Å². The van der Waals surface area contributed by atoms with E-state index in [9.17, 15) is 14.9 Å². The molecule has 0 saturated heterocycles. The lowest BCUT2D eigenvalue weighted by atomic mass is 10.2. The Bertz CT molecular complexity index is 780. The summed E-state index contributed by atoms with van der Waals surface area (Å²) in [5.41, 5.74) is 1.04. The molecule has 1 heterocycles. The minimum Gasteiger partial charge on any atom is -0.310 e. The van der Waals surface area contributed by atoms with E-state index in [1.807, 2.05) is 30.0 Å². The zero-order valence-electron chi connectivity index (χ0n) is 13.8. The fourth-order valence-corrected chi connectivity index (χ4v) is 4.60. The van der Waals surface area contributed by atoms with Crippen LogP contribution >= 0.6 is 23.5 Å². The largest absolute Gasteiger partial charge is 0.310 e. The van der Waals surface area contributed by atoms with Crippen LogP contribution in [0.3, 0.4) is 0 Å². The summed E-state index contributed by atoms with van der Waals surface area (Å²) in [5, 5.41) is 10.5. The topological polar surface area (TPSA) is 63.5 Å². The lowest BCUT2D eigenvalue weighted by Gasteiger charge is -2.25. The molecule has 25 heavy (non-hydrogen) atoms. The molecule has 0 bridgehead atoms. The molecule has 1 unspecified atom stereocenters. The number of thioether (sulfide) groups is 2. The van der Waals surface area contributed by atoms with E-state index in [0.717, 1.165) is 27.7 Å². The molecule has 0 fully saturated rings. The van der Waals surface area contributed by atoms with Crippen LogP contribution in [0, 0.1) is 10.1 Å². The van der Waals surface area contributed by atoms with Crippen LogP contribution in [-0.2, 0) is 4.79 Å².